The first-order valence-electron chi connectivity index (χ1n) is 10.3. The van der Waals surface area contributed by atoms with Crippen LogP contribution in [0.15, 0.2) is 71.7 Å². The van der Waals surface area contributed by atoms with Crippen LogP contribution in [-0.4, -0.2) is 58.6 Å². The molecule has 1 aromatic heterocycles. The number of nitrogens with zero attached hydrogens (tertiary/aromatic N) is 3. The van der Waals surface area contributed by atoms with Crippen molar-refractivity contribution in [2.45, 2.75) is 6.04 Å². The largest absolute Gasteiger partial charge is 0.502 e. The Morgan fingerprint density at radius 3 is 2.12 bits per heavy atom. The second-order valence-corrected chi connectivity index (χ2v) is 7.59. The van der Waals surface area contributed by atoms with Crippen molar-refractivity contribution in [1.29, 1.82) is 0 Å². The van der Waals surface area contributed by atoms with Crippen LogP contribution in [0.3, 0.4) is 0 Å². The lowest BCUT2D eigenvalue weighted by molar-refractivity contribution is 0.0607. The minimum atomic E-state index is -1.49. The van der Waals surface area contributed by atoms with Crippen LogP contribution in [0.2, 0.25) is 0 Å². The van der Waals surface area contributed by atoms with Gasteiger partial charge in [0.1, 0.15) is 12.2 Å². The van der Waals surface area contributed by atoms with Crippen LogP contribution >= 0.6 is 0 Å². The van der Waals surface area contributed by atoms with E-state index in [2.05, 4.69) is 0 Å². The van der Waals surface area contributed by atoms with Crippen molar-refractivity contribution in [1.82, 2.24) is 9.58 Å². The molecule has 2 aromatic carbocycles. The highest BCUT2D eigenvalue weighted by Gasteiger charge is 2.37. The van der Waals surface area contributed by atoms with Gasteiger partial charge >= 0.3 is 5.97 Å². The molecule has 1 amide bonds. The fourth-order valence-electron chi connectivity index (χ4n) is 3.99. The van der Waals surface area contributed by atoms with Crippen LogP contribution in [0.25, 0.3) is 0 Å². The molecule has 0 aliphatic carbocycles. The van der Waals surface area contributed by atoms with Gasteiger partial charge in [-0.05, 0) is 11.1 Å². The first-order chi connectivity index (χ1) is 15.9. The highest BCUT2D eigenvalue weighted by atomic mass is 16.5. The third-order valence-electron chi connectivity index (χ3n) is 5.57. The van der Waals surface area contributed by atoms with E-state index in [-0.39, 0.29) is 25.5 Å². The molecule has 3 aromatic rings. The molecule has 0 unspecified atom stereocenters. The van der Waals surface area contributed by atoms with Crippen LogP contribution in [0.4, 0.5) is 0 Å². The molecule has 2 N–H and O–H groups in total. The maximum absolute atomic E-state index is 13.2. The summed E-state index contributed by atoms with van der Waals surface area (Å²) < 4.78 is 6.42. The van der Waals surface area contributed by atoms with Crippen LogP contribution in [-0.2, 0) is 4.74 Å². The van der Waals surface area contributed by atoms with Gasteiger partial charge in [-0.25, -0.2) is 4.79 Å². The summed E-state index contributed by atoms with van der Waals surface area (Å²) in [7, 11) is 1.51. The summed E-state index contributed by atoms with van der Waals surface area (Å²) >= 11 is 0. The van der Waals surface area contributed by atoms with Crippen molar-refractivity contribution < 1.29 is 24.5 Å². The fourth-order valence-corrected chi connectivity index (χ4v) is 3.99. The summed E-state index contributed by atoms with van der Waals surface area (Å²) in [6.45, 7) is 0.542. The lowest BCUT2D eigenvalue weighted by Crippen LogP contribution is -2.56. The summed E-state index contributed by atoms with van der Waals surface area (Å²) in [4.78, 5) is 38.9. The molecular formula is C24H23N3O6. The molecule has 1 aliphatic rings. The van der Waals surface area contributed by atoms with Crippen LogP contribution in [0.5, 0.6) is 5.75 Å². The molecule has 2 heterocycles. The number of amides is 1. The summed E-state index contributed by atoms with van der Waals surface area (Å²) in [5, 5.41) is 21.9. The average molecular weight is 449 g/mol. The third kappa shape index (κ3) is 4.06. The van der Waals surface area contributed by atoms with Gasteiger partial charge in [0, 0.05) is 19.9 Å². The van der Waals surface area contributed by atoms with Gasteiger partial charge < -0.3 is 19.8 Å². The molecule has 0 saturated carbocycles. The third-order valence-corrected chi connectivity index (χ3v) is 5.57. The van der Waals surface area contributed by atoms with Gasteiger partial charge in [0.15, 0.2) is 11.4 Å². The van der Waals surface area contributed by atoms with Gasteiger partial charge in [0.25, 0.3) is 5.91 Å². The molecular weight excluding hydrogens is 426 g/mol. The number of methoxy groups -OCH3 is 1. The molecule has 9 nitrogen and oxygen atoms in total. The van der Waals surface area contributed by atoms with Crippen molar-refractivity contribution in [2.24, 2.45) is 0 Å². The van der Waals surface area contributed by atoms with Gasteiger partial charge in [0.05, 0.1) is 12.6 Å². The number of aromatic hydroxyl groups is 1. The Bertz CT molecular complexity index is 1190. The van der Waals surface area contributed by atoms with E-state index in [4.69, 9.17) is 4.74 Å². The summed E-state index contributed by atoms with van der Waals surface area (Å²) in [6.07, 6.45) is 1.10. The topological polar surface area (TPSA) is 112 Å². The number of rotatable bonds is 7. The zero-order valence-electron chi connectivity index (χ0n) is 17.9. The number of benzene rings is 2. The number of aromatic carboxylic acids is 1. The molecule has 0 spiro atoms. The van der Waals surface area contributed by atoms with Gasteiger partial charge in [0.2, 0.25) is 5.43 Å². The van der Waals surface area contributed by atoms with Crippen molar-refractivity contribution in [2.75, 3.05) is 31.9 Å². The zero-order chi connectivity index (χ0) is 23.5. The molecule has 33 heavy (non-hydrogen) atoms. The van der Waals surface area contributed by atoms with E-state index < -0.39 is 34.7 Å². The monoisotopic (exact) mass is 449 g/mol. The SMILES string of the molecule is COCCN1CN(C(c2ccccc2)c2ccccc2)n2cc(C(=O)O)c(=O)c(O)c2C1=O. The normalized spacial score (nSPS) is 13.3. The quantitative estimate of drug-likeness (QED) is 0.568. The van der Waals surface area contributed by atoms with Crippen molar-refractivity contribution >= 4 is 11.9 Å². The summed E-state index contributed by atoms with van der Waals surface area (Å²) in [6, 6.07) is 18.6. The van der Waals surface area contributed by atoms with Crippen molar-refractivity contribution in [3.05, 3.63) is 99.5 Å². The minimum absolute atomic E-state index is 0.0744. The number of ether oxygens (including phenoxy) is 1. The number of fused-ring (bicyclic) bond motifs is 1. The van der Waals surface area contributed by atoms with E-state index in [1.54, 1.807) is 5.01 Å². The maximum atomic E-state index is 13.2. The smallest absolute Gasteiger partial charge is 0.341 e. The van der Waals surface area contributed by atoms with Crippen LogP contribution < -0.4 is 10.4 Å². The molecule has 0 saturated heterocycles. The molecule has 170 valence electrons. The minimum Gasteiger partial charge on any atom is -0.502 e. The van der Waals surface area contributed by atoms with E-state index in [1.807, 2.05) is 60.7 Å². The molecule has 0 bridgehead atoms. The van der Waals surface area contributed by atoms with E-state index in [0.717, 1.165) is 17.3 Å². The van der Waals surface area contributed by atoms with Crippen LogP contribution in [0.1, 0.15) is 38.0 Å². The average Bonchev–Trinajstić information content (AvgIpc) is 2.83. The number of carboxylic acids is 1. The van der Waals surface area contributed by atoms with Gasteiger partial charge in [-0.15, -0.1) is 0 Å². The lowest BCUT2D eigenvalue weighted by Gasteiger charge is -2.44. The van der Waals surface area contributed by atoms with E-state index in [0.29, 0.717) is 0 Å². The number of carbonyl (C=O) groups excluding carboxylic acids is 1. The lowest BCUT2D eigenvalue weighted by atomic mass is 9.98. The Kier molecular flexibility index (Phi) is 6.14. The number of hydrogen-bond donors (Lipinski definition) is 2. The first-order valence-corrected chi connectivity index (χ1v) is 10.3. The molecule has 0 fully saturated rings. The number of aromatic nitrogens is 1. The van der Waals surface area contributed by atoms with Gasteiger partial charge in [-0.3, -0.25) is 19.3 Å². The molecule has 1 aliphatic heterocycles. The van der Waals surface area contributed by atoms with Gasteiger partial charge in [-0.1, -0.05) is 60.7 Å². The second-order valence-electron chi connectivity index (χ2n) is 7.59. The fraction of sp³-hybridized carbons (Fsp3) is 0.208. The zero-order valence-corrected chi connectivity index (χ0v) is 17.9. The number of carbonyl (C=O) groups is 2. The van der Waals surface area contributed by atoms with E-state index in [9.17, 15) is 24.6 Å². The predicted octanol–water partition coefficient (Wildman–Crippen LogP) is 2.04. The molecule has 0 atom stereocenters. The first kappa shape index (κ1) is 22.1. The Balaban J connectivity index is 1.97. The second kappa shape index (κ2) is 9.17. The van der Waals surface area contributed by atoms with Gasteiger partial charge in [-0.2, -0.15) is 0 Å². The van der Waals surface area contributed by atoms with E-state index >= 15 is 0 Å². The maximum Gasteiger partial charge on any atom is 0.341 e. The molecule has 9 heteroatoms. The predicted molar refractivity (Wildman–Crippen MR) is 120 cm³/mol. The highest BCUT2D eigenvalue weighted by molar-refractivity contribution is 5.97. The van der Waals surface area contributed by atoms with Crippen molar-refractivity contribution in [3.8, 4) is 5.75 Å². The highest BCUT2D eigenvalue weighted by Crippen LogP contribution is 2.32. The number of pyridine rings is 1. The Morgan fingerprint density at radius 2 is 1.61 bits per heavy atom. The van der Waals surface area contributed by atoms with E-state index in [1.165, 1.54) is 16.7 Å². The molecule has 0 radical (unpaired) electrons. The molecule has 4 rings (SSSR count). The summed E-state index contributed by atoms with van der Waals surface area (Å²) in [5.74, 6) is -2.97. The Labute approximate surface area is 189 Å². The summed E-state index contributed by atoms with van der Waals surface area (Å²) in [5.41, 5.74) is -0.258. The Hall–Kier alpha value is -4.11. The standard InChI is InChI=1S/C24H23N3O6/c1-33-13-12-25-15-27(19(16-8-4-2-5-9-16)17-10-6-3-7-11-17)26-14-18(24(31)32)21(28)22(29)20(26)23(25)30/h2-11,14,19,29H,12-13,15H2,1H3,(H,31,32). The Morgan fingerprint density at radius 1 is 1.03 bits per heavy atom. The number of hydrogen-bond acceptors (Lipinski definition) is 6. The van der Waals surface area contributed by atoms with Crippen molar-refractivity contribution in [3.63, 3.8) is 0 Å². The number of carboxylic acid groups (broad SMARTS) is 1. The van der Waals surface area contributed by atoms with Crippen LogP contribution in [0, 0.1) is 0 Å².